The third-order valence-corrected chi connectivity index (χ3v) is 4.38. The van der Waals surface area contributed by atoms with Crippen LogP contribution in [0, 0.1) is 17.1 Å². The third kappa shape index (κ3) is 1.20. The first-order valence-electron chi connectivity index (χ1n) is 6.35. The maximum absolute atomic E-state index is 14.4. The van der Waals surface area contributed by atoms with Crippen molar-refractivity contribution in [3.8, 4) is 6.07 Å². The molecule has 3 aliphatic rings. The van der Waals surface area contributed by atoms with Crippen LogP contribution in [-0.2, 0) is 10.2 Å². The van der Waals surface area contributed by atoms with Gasteiger partial charge in [0, 0.05) is 5.41 Å². The Morgan fingerprint density at radius 2 is 2.30 bits per heavy atom. The molecule has 2 aliphatic heterocycles. The van der Waals surface area contributed by atoms with E-state index in [1.54, 1.807) is 0 Å². The van der Waals surface area contributed by atoms with Gasteiger partial charge < -0.3 is 10.5 Å². The number of rotatable bonds is 1. The van der Waals surface area contributed by atoms with Gasteiger partial charge in [0.15, 0.2) is 5.82 Å². The van der Waals surface area contributed by atoms with Gasteiger partial charge in [-0.15, -0.1) is 5.10 Å². The Balaban J connectivity index is 2.04. The number of nitrogens with zero attached hydrogens (tertiary/aromatic N) is 4. The predicted octanol–water partition coefficient (Wildman–Crippen LogP) is 1.14. The molecule has 0 spiro atoms. The molecule has 5 rings (SSSR count). The van der Waals surface area contributed by atoms with Crippen LogP contribution >= 0.6 is 0 Å². The molecular weight excluding hydrogens is 261 g/mol. The topological polar surface area (TPSA) is 89.2 Å². The molecule has 102 valence electrons. The van der Waals surface area contributed by atoms with Crippen LogP contribution in [0.25, 0.3) is 5.52 Å². The van der Waals surface area contributed by atoms with E-state index in [1.807, 2.05) is 13.0 Å². The zero-order valence-corrected chi connectivity index (χ0v) is 10.9. The van der Waals surface area contributed by atoms with Gasteiger partial charge in [0.2, 0.25) is 5.95 Å². The highest BCUT2D eigenvalue weighted by Gasteiger charge is 2.62. The van der Waals surface area contributed by atoms with E-state index in [0.29, 0.717) is 12.3 Å². The minimum absolute atomic E-state index is 0.0254. The minimum Gasteiger partial charge on any atom is -0.374 e. The number of nitrogens with two attached hydrogens (primary N) is 1. The van der Waals surface area contributed by atoms with Crippen molar-refractivity contribution in [3.63, 3.8) is 0 Å². The van der Waals surface area contributed by atoms with Crippen molar-refractivity contribution < 1.29 is 9.13 Å². The normalized spacial score (nSPS) is 31.2. The molecule has 2 saturated heterocycles. The van der Waals surface area contributed by atoms with Crippen LogP contribution in [0.2, 0.25) is 0 Å². The zero-order valence-electron chi connectivity index (χ0n) is 10.9. The Labute approximate surface area is 114 Å². The molecule has 2 N–H and O–H groups in total. The summed E-state index contributed by atoms with van der Waals surface area (Å²) in [5.41, 5.74) is 5.87. The molecule has 0 atom stereocenters. The molecule has 3 fully saturated rings. The lowest BCUT2D eigenvalue weighted by molar-refractivity contribution is 0.0152. The summed E-state index contributed by atoms with van der Waals surface area (Å²) in [4.78, 5) is 3.80. The van der Waals surface area contributed by atoms with Crippen LogP contribution in [0.15, 0.2) is 6.20 Å². The maximum atomic E-state index is 14.4. The highest BCUT2D eigenvalue weighted by atomic mass is 19.1. The fourth-order valence-corrected chi connectivity index (χ4v) is 3.75. The van der Waals surface area contributed by atoms with Crippen molar-refractivity contribution in [1.82, 2.24) is 14.6 Å². The molecule has 2 aromatic rings. The standard InChI is InChI=1S/C13H12FN5O/c1-12-4-13(5-12,6-20-12)10-7(2-15)9(14)8-3-17-11(16)18-19(8)10/h3H,4-6H2,1H3,(H2,16,18). The first-order chi connectivity index (χ1) is 9.48. The number of ether oxygens (including phenoxy) is 1. The van der Waals surface area contributed by atoms with Crippen molar-refractivity contribution in [1.29, 1.82) is 5.26 Å². The monoisotopic (exact) mass is 273 g/mol. The van der Waals surface area contributed by atoms with E-state index in [4.69, 9.17) is 10.5 Å². The maximum Gasteiger partial charge on any atom is 0.238 e. The van der Waals surface area contributed by atoms with Gasteiger partial charge >= 0.3 is 0 Å². The first-order valence-corrected chi connectivity index (χ1v) is 6.35. The summed E-state index contributed by atoms with van der Waals surface area (Å²) in [5, 5.41) is 13.4. The van der Waals surface area contributed by atoms with Crippen molar-refractivity contribution in [3.05, 3.63) is 23.3 Å². The first kappa shape index (κ1) is 11.6. The molecule has 1 aliphatic carbocycles. The van der Waals surface area contributed by atoms with Crippen LogP contribution < -0.4 is 5.73 Å². The molecule has 7 heteroatoms. The molecule has 20 heavy (non-hydrogen) atoms. The summed E-state index contributed by atoms with van der Waals surface area (Å²) in [6.07, 6.45) is 2.85. The van der Waals surface area contributed by atoms with Gasteiger partial charge in [-0.25, -0.2) is 13.9 Å². The SMILES string of the molecule is CC12CC(c3c(C#N)c(F)c4cnc(N)nn34)(CO1)C2. The Kier molecular flexibility index (Phi) is 1.90. The Hall–Kier alpha value is -2.20. The molecule has 2 aromatic heterocycles. The number of anilines is 1. The third-order valence-electron chi connectivity index (χ3n) is 4.38. The summed E-state index contributed by atoms with van der Waals surface area (Å²) in [7, 11) is 0. The van der Waals surface area contributed by atoms with Crippen LogP contribution in [-0.4, -0.2) is 26.8 Å². The van der Waals surface area contributed by atoms with Gasteiger partial charge in [-0.3, -0.25) is 0 Å². The number of hydrogen-bond donors (Lipinski definition) is 1. The summed E-state index contributed by atoms with van der Waals surface area (Å²) >= 11 is 0. The van der Waals surface area contributed by atoms with Crippen molar-refractivity contribution >= 4 is 11.5 Å². The zero-order chi connectivity index (χ0) is 14.1. The number of hydrogen-bond acceptors (Lipinski definition) is 5. The summed E-state index contributed by atoms with van der Waals surface area (Å²) in [6, 6.07) is 1.95. The summed E-state index contributed by atoms with van der Waals surface area (Å²) in [5.74, 6) is -0.534. The fourth-order valence-electron chi connectivity index (χ4n) is 3.75. The molecule has 0 radical (unpaired) electrons. The molecule has 6 nitrogen and oxygen atoms in total. The average Bonchev–Trinajstić information content (AvgIpc) is 2.97. The largest absolute Gasteiger partial charge is 0.374 e. The minimum atomic E-state index is -0.586. The van der Waals surface area contributed by atoms with Gasteiger partial charge in [-0.05, 0) is 19.8 Å². The van der Waals surface area contributed by atoms with E-state index in [9.17, 15) is 9.65 Å². The van der Waals surface area contributed by atoms with E-state index < -0.39 is 5.82 Å². The molecule has 1 saturated carbocycles. The quantitative estimate of drug-likeness (QED) is 0.841. The Morgan fingerprint density at radius 3 is 2.90 bits per heavy atom. The molecule has 0 unspecified atom stereocenters. The lowest BCUT2D eigenvalue weighted by Gasteiger charge is -2.42. The van der Waals surface area contributed by atoms with Gasteiger partial charge in [0.05, 0.1) is 24.1 Å². The van der Waals surface area contributed by atoms with E-state index in [2.05, 4.69) is 10.1 Å². The van der Waals surface area contributed by atoms with E-state index in [0.717, 1.165) is 12.8 Å². The number of nitriles is 1. The highest BCUT2D eigenvalue weighted by Crippen LogP contribution is 2.59. The smallest absolute Gasteiger partial charge is 0.238 e. The van der Waals surface area contributed by atoms with E-state index in [-0.39, 0.29) is 28.0 Å². The van der Waals surface area contributed by atoms with Crippen LogP contribution in [0.4, 0.5) is 10.3 Å². The summed E-state index contributed by atoms with van der Waals surface area (Å²) in [6.45, 7) is 2.51. The van der Waals surface area contributed by atoms with Crippen LogP contribution in [0.3, 0.4) is 0 Å². The average molecular weight is 273 g/mol. The number of nitrogen functional groups attached to an aromatic ring is 1. The molecule has 2 bridgehead atoms. The van der Waals surface area contributed by atoms with Gasteiger partial charge in [0.1, 0.15) is 17.1 Å². The second kappa shape index (κ2) is 3.27. The highest BCUT2D eigenvalue weighted by molar-refractivity contribution is 5.60. The number of aromatic nitrogens is 3. The van der Waals surface area contributed by atoms with Crippen molar-refractivity contribution in [2.24, 2.45) is 0 Å². The van der Waals surface area contributed by atoms with E-state index in [1.165, 1.54) is 10.7 Å². The Morgan fingerprint density at radius 1 is 1.55 bits per heavy atom. The van der Waals surface area contributed by atoms with Crippen molar-refractivity contribution in [2.45, 2.75) is 30.8 Å². The van der Waals surface area contributed by atoms with Gasteiger partial charge in [-0.2, -0.15) is 5.26 Å². The fraction of sp³-hybridized carbons (Fsp3) is 0.462. The lowest BCUT2D eigenvalue weighted by atomic mass is 9.61. The van der Waals surface area contributed by atoms with Gasteiger partial charge in [0.25, 0.3) is 0 Å². The second-order valence-corrected chi connectivity index (χ2v) is 5.94. The number of fused-ring (bicyclic) bond motifs is 2. The number of halogens is 1. The lowest BCUT2D eigenvalue weighted by Crippen LogP contribution is -2.46. The molecule has 0 aromatic carbocycles. The molecule has 4 heterocycles. The molecule has 0 amide bonds. The summed E-state index contributed by atoms with van der Waals surface area (Å²) < 4.78 is 21.5. The van der Waals surface area contributed by atoms with Gasteiger partial charge in [-0.1, -0.05) is 0 Å². The van der Waals surface area contributed by atoms with E-state index >= 15 is 0 Å². The molecular formula is C13H12FN5O. The predicted molar refractivity (Wildman–Crippen MR) is 67.3 cm³/mol. The second-order valence-electron chi connectivity index (χ2n) is 5.94. The van der Waals surface area contributed by atoms with Crippen molar-refractivity contribution in [2.75, 3.05) is 12.3 Å². The van der Waals surface area contributed by atoms with Crippen LogP contribution in [0.5, 0.6) is 0 Å². The Bertz CT molecular complexity index is 784. The van der Waals surface area contributed by atoms with Crippen LogP contribution in [0.1, 0.15) is 31.0 Å².